The van der Waals surface area contributed by atoms with Crippen molar-refractivity contribution < 1.29 is 14.3 Å². The molecule has 32 heavy (non-hydrogen) atoms. The highest BCUT2D eigenvalue weighted by atomic mass is 32.2. The van der Waals surface area contributed by atoms with Gasteiger partial charge in [-0.05, 0) is 43.2 Å². The standard InChI is InChI=1S/C25H31N3O3S/c1-7-10-31-24(30)22-18(6)27-25-28(23(22)20-11-16(4)8-9-17(20)5)19(14-32-25)12-21(29)26-13-15(2)3/h7-9,11,14-15,23H,1,10,12-13H2,2-6H3,(H,26,29)/t23-/m0/s1. The van der Waals surface area contributed by atoms with Gasteiger partial charge >= 0.3 is 5.97 Å². The zero-order chi connectivity index (χ0) is 23.4. The minimum atomic E-state index is -0.420. The van der Waals surface area contributed by atoms with Crippen molar-refractivity contribution in [3.8, 4) is 0 Å². The number of amidine groups is 1. The molecule has 0 fully saturated rings. The quantitative estimate of drug-likeness (QED) is 0.453. The number of nitrogens with zero attached hydrogens (tertiary/aromatic N) is 2. The smallest absolute Gasteiger partial charge is 0.338 e. The van der Waals surface area contributed by atoms with Crippen LogP contribution in [0.3, 0.4) is 0 Å². The summed E-state index contributed by atoms with van der Waals surface area (Å²) in [7, 11) is 0. The topological polar surface area (TPSA) is 71.0 Å². The lowest BCUT2D eigenvalue weighted by Crippen LogP contribution is -2.38. The molecule has 1 atom stereocenters. The van der Waals surface area contributed by atoms with E-state index in [1.807, 2.05) is 31.1 Å². The van der Waals surface area contributed by atoms with Crippen molar-refractivity contribution in [2.24, 2.45) is 10.9 Å². The molecule has 0 saturated heterocycles. The number of hydrogen-bond donors (Lipinski definition) is 1. The number of esters is 1. The Hall–Kier alpha value is -2.80. The van der Waals surface area contributed by atoms with E-state index in [0.717, 1.165) is 27.6 Å². The highest BCUT2D eigenvalue weighted by Crippen LogP contribution is 2.45. The van der Waals surface area contributed by atoms with Crippen molar-refractivity contribution in [3.05, 3.63) is 69.9 Å². The number of benzene rings is 1. The van der Waals surface area contributed by atoms with Crippen LogP contribution in [0.2, 0.25) is 0 Å². The normalized spacial score (nSPS) is 17.7. The fraction of sp³-hybridized carbons (Fsp3) is 0.400. The molecule has 0 bridgehead atoms. The maximum absolute atomic E-state index is 13.1. The molecule has 1 aromatic rings. The molecule has 2 heterocycles. The van der Waals surface area contributed by atoms with Crippen LogP contribution in [0.1, 0.15) is 49.9 Å². The lowest BCUT2D eigenvalue weighted by molar-refractivity contribution is -0.138. The third-order valence-electron chi connectivity index (χ3n) is 5.33. The molecule has 2 aliphatic heterocycles. The molecule has 6 nitrogen and oxygen atoms in total. The summed E-state index contributed by atoms with van der Waals surface area (Å²) >= 11 is 1.48. The van der Waals surface area contributed by atoms with E-state index >= 15 is 0 Å². The monoisotopic (exact) mass is 453 g/mol. The van der Waals surface area contributed by atoms with Gasteiger partial charge in [0.25, 0.3) is 0 Å². The molecule has 0 spiro atoms. The second kappa shape index (κ2) is 10.2. The molecule has 1 amide bonds. The van der Waals surface area contributed by atoms with E-state index in [9.17, 15) is 9.59 Å². The summed E-state index contributed by atoms with van der Waals surface area (Å²) in [5, 5.41) is 5.70. The molecule has 7 heteroatoms. The number of allylic oxidation sites excluding steroid dienone is 1. The molecular formula is C25H31N3O3S. The van der Waals surface area contributed by atoms with Crippen LogP contribution in [0.25, 0.3) is 0 Å². The zero-order valence-electron chi connectivity index (χ0n) is 19.4. The van der Waals surface area contributed by atoms with Crippen LogP contribution in [0, 0.1) is 19.8 Å². The molecule has 0 radical (unpaired) electrons. The third kappa shape index (κ3) is 5.15. The van der Waals surface area contributed by atoms with Gasteiger partial charge in [0, 0.05) is 12.2 Å². The summed E-state index contributed by atoms with van der Waals surface area (Å²) in [4.78, 5) is 32.4. The number of rotatable bonds is 8. The Morgan fingerprint density at radius 3 is 2.75 bits per heavy atom. The van der Waals surface area contributed by atoms with Crippen molar-refractivity contribution >= 4 is 28.8 Å². The number of amides is 1. The molecule has 1 aromatic carbocycles. The first-order valence-electron chi connectivity index (χ1n) is 10.8. The first-order chi connectivity index (χ1) is 15.2. The molecule has 170 valence electrons. The first kappa shape index (κ1) is 23.9. The van der Waals surface area contributed by atoms with E-state index in [-0.39, 0.29) is 18.9 Å². The highest BCUT2D eigenvalue weighted by molar-refractivity contribution is 8.16. The van der Waals surface area contributed by atoms with Gasteiger partial charge in [-0.25, -0.2) is 9.79 Å². The molecule has 3 rings (SSSR count). The van der Waals surface area contributed by atoms with Crippen molar-refractivity contribution in [1.82, 2.24) is 10.2 Å². The van der Waals surface area contributed by atoms with E-state index < -0.39 is 12.0 Å². The fourth-order valence-corrected chi connectivity index (χ4v) is 4.70. The number of hydrogen-bond acceptors (Lipinski definition) is 6. The second-order valence-electron chi connectivity index (χ2n) is 8.51. The Morgan fingerprint density at radius 1 is 1.31 bits per heavy atom. The lowest BCUT2D eigenvalue weighted by atomic mass is 9.90. The van der Waals surface area contributed by atoms with Crippen LogP contribution < -0.4 is 5.32 Å². The third-order valence-corrected chi connectivity index (χ3v) is 6.22. The van der Waals surface area contributed by atoms with Crippen LogP contribution in [0.15, 0.2) is 58.2 Å². The maximum atomic E-state index is 13.1. The van der Waals surface area contributed by atoms with Crippen LogP contribution in [-0.4, -0.2) is 35.1 Å². The number of nitrogens with one attached hydrogen (secondary N) is 1. The van der Waals surface area contributed by atoms with Crippen molar-refractivity contribution in [2.45, 2.75) is 47.1 Å². The summed E-state index contributed by atoms with van der Waals surface area (Å²) in [5.74, 6) is -0.0947. The second-order valence-corrected chi connectivity index (χ2v) is 9.35. The predicted molar refractivity (Wildman–Crippen MR) is 130 cm³/mol. The summed E-state index contributed by atoms with van der Waals surface area (Å²) in [6, 6.07) is 5.78. The van der Waals surface area contributed by atoms with E-state index in [0.29, 0.717) is 23.7 Å². The Balaban J connectivity index is 2.03. The Morgan fingerprint density at radius 2 is 2.06 bits per heavy atom. The number of fused-ring (bicyclic) bond motifs is 1. The zero-order valence-corrected chi connectivity index (χ0v) is 20.2. The fourth-order valence-electron chi connectivity index (χ4n) is 3.74. The van der Waals surface area contributed by atoms with Crippen molar-refractivity contribution in [1.29, 1.82) is 0 Å². The minimum absolute atomic E-state index is 0.0476. The summed E-state index contributed by atoms with van der Waals surface area (Å²) in [6.45, 7) is 14.4. The van der Waals surface area contributed by atoms with Gasteiger partial charge in [-0.2, -0.15) is 0 Å². The molecule has 0 aromatic heterocycles. The molecular weight excluding hydrogens is 422 g/mol. The van der Waals surface area contributed by atoms with Gasteiger partial charge in [-0.1, -0.05) is 62.0 Å². The molecule has 1 N–H and O–H groups in total. The van der Waals surface area contributed by atoms with Gasteiger partial charge in [-0.15, -0.1) is 0 Å². The van der Waals surface area contributed by atoms with Crippen molar-refractivity contribution in [3.63, 3.8) is 0 Å². The number of thioether (sulfide) groups is 1. The highest BCUT2D eigenvalue weighted by Gasteiger charge is 2.41. The van der Waals surface area contributed by atoms with E-state index in [1.54, 1.807) is 6.08 Å². The van der Waals surface area contributed by atoms with Gasteiger partial charge in [-0.3, -0.25) is 4.79 Å². The van der Waals surface area contributed by atoms with Gasteiger partial charge in [0.1, 0.15) is 6.61 Å². The van der Waals surface area contributed by atoms with Gasteiger partial charge in [0.05, 0.1) is 23.7 Å². The van der Waals surface area contributed by atoms with E-state index in [2.05, 4.69) is 48.9 Å². The number of carbonyl (C=O) groups is 2. The maximum Gasteiger partial charge on any atom is 0.338 e. The largest absolute Gasteiger partial charge is 0.458 e. The summed E-state index contributed by atoms with van der Waals surface area (Å²) < 4.78 is 5.44. The summed E-state index contributed by atoms with van der Waals surface area (Å²) in [6.07, 6.45) is 1.77. The van der Waals surface area contributed by atoms with Gasteiger partial charge in [0.2, 0.25) is 5.91 Å². The Kier molecular flexibility index (Phi) is 7.61. The Bertz CT molecular complexity index is 1020. The van der Waals surface area contributed by atoms with E-state index in [1.165, 1.54) is 11.8 Å². The van der Waals surface area contributed by atoms with Crippen LogP contribution >= 0.6 is 11.8 Å². The van der Waals surface area contributed by atoms with Crippen LogP contribution in [0.5, 0.6) is 0 Å². The average molecular weight is 454 g/mol. The van der Waals surface area contributed by atoms with Crippen LogP contribution in [-0.2, 0) is 14.3 Å². The molecule has 0 aliphatic carbocycles. The summed E-state index contributed by atoms with van der Waals surface area (Å²) in [5.41, 5.74) is 5.09. The lowest BCUT2D eigenvalue weighted by Gasteiger charge is -2.37. The number of aliphatic imine (C=N–C) groups is 1. The molecule has 2 aliphatic rings. The Labute approximate surface area is 194 Å². The van der Waals surface area contributed by atoms with Crippen LogP contribution in [0.4, 0.5) is 0 Å². The first-order valence-corrected chi connectivity index (χ1v) is 11.7. The number of ether oxygens (including phenoxy) is 1. The molecule has 0 saturated carbocycles. The SMILES string of the molecule is C=CCOC(=O)C1=C(C)N=C2SC=C(CC(=O)NCC(C)C)N2[C@H]1c1cc(C)ccc1C. The van der Waals surface area contributed by atoms with Gasteiger partial charge in [0.15, 0.2) is 5.17 Å². The van der Waals surface area contributed by atoms with Crippen molar-refractivity contribution in [2.75, 3.05) is 13.2 Å². The van der Waals surface area contributed by atoms with Gasteiger partial charge < -0.3 is 15.0 Å². The molecule has 0 unspecified atom stereocenters. The number of aryl methyl sites for hydroxylation is 2. The predicted octanol–water partition coefficient (Wildman–Crippen LogP) is 4.77. The minimum Gasteiger partial charge on any atom is -0.458 e. The number of carbonyl (C=O) groups excluding carboxylic acids is 2. The van der Waals surface area contributed by atoms with E-state index in [4.69, 9.17) is 4.74 Å². The average Bonchev–Trinajstić information content (AvgIpc) is 3.13.